The van der Waals surface area contributed by atoms with Gasteiger partial charge in [0.1, 0.15) is 0 Å². The van der Waals surface area contributed by atoms with E-state index in [0.29, 0.717) is 11.0 Å². The van der Waals surface area contributed by atoms with Gasteiger partial charge in [-0.05, 0) is 50.0 Å². The minimum absolute atomic E-state index is 0.305. The molecule has 2 nitrogen and oxygen atoms in total. The Kier molecular flexibility index (Phi) is 3.84. The number of hydrogen-bond donors (Lipinski definition) is 1. The van der Waals surface area contributed by atoms with Crippen molar-refractivity contribution < 1.29 is 0 Å². The van der Waals surface area contributed by atoms with Crippen molar-refractivity contribution in [1.82, 2.24) is 4.90 Å². The van der Waals surface area contributed by atoms with Gasteiger partial charge in [-0.15, -0.1) is 0 Å². The second kappa shape index (κ2) is 4.89. The van der Waals surface area contributed by atoms with Gasteiger partial charge in [-0.3, -0.25) is 4.90 Å². The van der Waals surface area contributed by atoms with Crippen LogP contribution in [0, 0.1) is 11.3 Å². The second-order valence-corrected chi connectivity index (χ2v) is 7.11. The fourth-order valence-corrected chi connectivity index (χ4v) is 3.81. The van der Waals surface area contributed by atoms with Crippen LogP contribution in [0.15, 0.2) is 0 Å². The van der Waals surface area contributed by atoms with E-state index in [1.165, 1.54) is 51.6 Å². The molecule has 0 aromatic rings. The minimum Gasteiger partial charge on any atom is -0.329 e. The van der Waals surface area contributed by atoms with Crippen LogP contribution in [0.1, 0.15) is 59.3 Å². The van der Waals surface area contributed by atoms with Crippen LogP contribution in [0.4, 0.5) is 0 Å². The molecule has 2 heteroatoms. The SMILES string of the molecule is CCN(CC1CC1)C1(CN)CCCC(C)(C)C1. The van der Waals surface area contributed by atoms with E-state index in [1.54, 1.807) is 0 Å². The highest BCUT2D eigenvalue weighted by Gasteiger charge is 2.43. The van der Waals surface area contributed by atoms with Crippen molar-refractivity contribution in [3.8, 4) is 0 Å². The molecule has 17 heavy (non-hydrogen) atoms. The molecular formula is C15H30N2. The third-order valence-corrected chi connectivity index (χ3v) is 4.91. The summed E-state index contributed by atoms with van der Waals surface area (Å²) >= 11 is 0. The molecule has 0 aromatic carbocycles. The van der Waals surface area contributed by atoms with Gasteiger partial charge >= 0.3 is 0 Å². The molecule has 0 heterocycles. The van der Waals surface area contributed by atoms with E-state index in [2.05, 4.69) is 25.7 Å². The zero-order chi connectivity index (χ0) is 12.5. The van der Waals surface area contributed by atoms with Gasteiger partial charge in [-0.2, -0.15) is 0 Å². The van der Waals surface area contributed by atoms with Gasteiger partial charge in [-0.25, -0.2) is 0 Å². The average molecular weight is 238 g/mol. The first kappa shape index (κ1) is 13.4. The predicted octanol–water partition coefficient (Wildman–Crippen LogP) is 3.02. The summed E-state index contributed by atoms with van der Waals surface area (Å²) in [7, 11) is 0. The number of rotatable bonds is 5. The molecule has 0 bridgehead atoms. The standard InChI is InChI=1S/C15H30N2/c1-4-17(10-13-6-7-13)15(12-16)9-5-8-14(2,3)11-15/h13H,4-12,16H2,1-3H3. The van der Waals surface area contributed by atoms with Crippen molar-refractivity contribution in [3.05, 3.63) is 0 Å². The number of nitrogens with zero attached hydrogens (tertiary/aromatic N) is 1. The van der Waals surface area contributed by atoms with E-state index in [4.69, 9.17) is 5.73 Å². The first-order chi connectivity index (χ1) is 8.01. The fraction of sp³-hybridized carbons (Fsp3) is 1.00. The summed E-state index contributed by atoms with van der Waals surface area (Å²) in [5, 5.41) is 0. The smallest absolute Gasteiger partial charge is 0.0336 e. The van der Waals surface area contributed by atoms with Gasteiger partial charge in [0.2, 0.25) is 0 Å². The van der Waals surface area contributed by atoms with Gasteiger partial charge < -0.3 is 5.73 Å². The maximum atomic E-state index is 6.19. The molecule has 2 rings (SSSR count). The first-order valence-corrected chi connectivity index (χ1v) is 7.46. The predicted molar refractivity (Wildman–Crippen MR) is 74.0 cm³/mol. The monoisotopic (exact) mass is 238 g/mol. The molecule has 1 unspecified atom stereocenters. The molecule has 0 aromatic heterocycles. The van der Waals surface area contributed by atoms with Crippen molar-refractivity contribution in [2.75, 3.05) is 19.6 Å². The summed E-state index contributed by atoms with van der Waals surface area (Å²) in [4.78, 5) is 2.71. The normalized spacial score (nSPS) is 33.0. The Morgan fingerprint density at radius 3 is 2.41 bits per heavy atom. The van der Waals surface area contributed by atoms with Crippen molar-refractivity contribution in [3.63, 3.8) is 0 Å². The molecule has 0 aliphatic heterocycles. The molecule has 2 saturated carbocycles. The lowest BCUT2D eigenvalue weighted by Crippen LogP contribution is -2.58. The van der Waals surface area contributed by atoms with Crippen LogP contribution in [0.5, 0.6) is 0 Å². The van der Waals surface area contributed by atoms with Crippen LogP contribution < -0.4 is 5.73 Å². The second-order valence-electron chi connectivity index (χ2n) is 7.11. The highest BCUT2D eigenvalue weighted by Crippen LogP contribution is 2.44. The van der Waals surface area contributed by atoms with Crippen LogP contribution in [-0.4, -0.2) is 30.1 Å². The summed E-state index contributed by atoms with van der Waals surface area (Å²) in [6.07, 6.45) is 8.22. The maximum Gasteiger partial charge on any atom is 0.0336 e. The molecule has 2 N–H and O–H groups in total. The lowest BCUT2D eigenvalue weighted by Gasteiger charge is -2.51. The molecule has 0 spiro atoms. The molecule has 0 radical (unpaired) electrons. The molecule has 2 aliphatic rings. The minimum atomic E-state index is 0.305. The van der Waals surface area contributed by atoms with Crippen LogP contribution in [0.25, 0.3) is 0 Å². The van der Waals surface area contributed by atoms with E-state index in [1.807, 2.05) is 0 Å². The van der Waals surface area contributed by atoms with Crippen molar-refractivity contribution in [1.29, 1.82) is 0 Å². The van der Waals surface area contributed by atoms with Crippen LogP contribution in [0.3, 0.4) is 0 Å². The largest absolute Gasteiger partial charge is 0.329 e. The Hall–Kier alpha value is -0.0800. The number of hydrogen-bond acceptors (Lipinski definition) is 2. The molecule has 2 fully saturated rings. The maximum absolute atomic E-state index is 6.19. The highest BCUT2D eigenvalue weighted by molar-refractivity contribution is 5.00. The van der Waals surface area contributed by atoms with Crippen LogP contribution >= 0.6 is 0 Å². The Bertz CT molecular complexity index is 258. The Morgan fingerprint density at radius 2 is 1.94 bits per heavy atom. The van der Waals surface area contributed by atoms with Crippen molar-refractivity contribution in [2.24, 2.45) is 17.1 Å². The quantitative estimate of drug-likeness (QED) is 0.798. The first-order valence-electron chi connectivity index (χ1n) is 7.46. The van der Waals surface area contributed by atoms with E-state index >= 15 is 0 Å². The summed E-state index contributed by atoms with van der Waals surface area (Å²) in [6, 6.07) is 0. The van der Waals surface area contributed by atoms with Gasteiger partial charge in [0.15, 0.2) is 0 Å². The third-order valence-electron chi connectivity index (χ3n) is 4.91. The Balaban J connectivity index is 2.09. The van der Waals surface area contributed by atoms with Crippen LogP contribution in [-0.2, 0) is 0 Å². The van der Waals surface area contributed by atoms with Crippen molar-refractivity contribution >= 4 is 0 Å². The van der Waals surface area contributed by atoms with E-state index in [9.17, 15) is 0 Å². The topological polar surface area (TPSA) is 29.3 Å². The summed E-state index contributed by atoms with van der Waals surface area (Å²) in [6.45, 7) is 10.5. The Morgan fingerprint density at radius 1 is 1.24 bits per heavy atom. The van der Waals surface area contributed by atoms with E-state index in [-0.39, 0.29) is 0 Å². The third kappa shape index (κ3) is 3.03. The molecule has 100 valence electrons. The van der Waals surface area contributed by atoms with Crippen LogP contribution in [0.2, 0.25) is 0 Å². The average Bonchev–Trinajstić information content (AvgIpc) is 3.08. The Labute approximate surface area is 107 Å². The van der Waals surface area contributed by atoms with E-state index in [0.717, 1.165) is 12.5 Å². The lowest BCUT2D eigenvalue weighted by atomic mass is 9.67. The fourth-order valence-electron chi connectivity index (χ4n) is 3.81. The molecular weight excluding hydrogens is 208 g/mol. The van der Waals surface area contributed by atoms with Gasteiger partial charge in [-0.1, -0.05) is 27.2 Å². The lowest BCUT2D eigenvalue weighted by molar-refractivity contribution is 0.0101. The van der Waals surface area contributed by atoms with Gasteiger partial charge in [0, 0.05) is 18.6 Å². The van der Waals surface area contributed by atoms with E-state index < -0.39 is 0 Å². The zero-order valence-corrected chi connectivity index (χ0v) is 12.0. The highest BCUT2D eigenvalue weighted by atomic mass is 15.2. The van der Waals surface area contributed by atoms with Gasteiger partial charge in [0.25, 0.3) is 0 Å². The molecule has 1 atom stereocenters. The number of nitrogens with two attached hydrogens (primary N) is 1. The summed E-state index contributed by atoms with van der Waals surface area (Å²) in [5.74, 6) is 0.975. The molecule has 2 aliphatic carbocycles. The molecule has 0 amide bonds. The summed E-state index contributed by atoms with van der Waals surface area (Å²) < 4.78 is 0. The summed E-state index contributed by atoms with van der Waals surface area (Å²) in [5.41, 5.74) is 6.98. The molecule has 0 saturated heterocycles. The number of likely N-dealkylation sites (N-methyl/N-ethyl adjacent to an activating group) is 1. The van der Waals surface area contributed by atoms with Crippen molar-refractivity contribution in [2.45, 2.75) is 64.8 Å². The van der Waals surface area contributed by atoms with Gasteiger partial charge in [0.05, 0.1) is 0 Å². The zero-order valence-electron chi connectivity index (χ0n) is 12.0.